The van der Waals surface area contributed by atoms with E-state index in [0.29, 0.717) is 23.8 Å². The average Bonchev–Trinajstić information content (AvgIpc) is 2.76. The van der Waals surface area contributed by atoms with Gasteiger partial charge in [0.05, 0.1) is 19.8 Å². The highest BCUT2D eigenvalue weighted by Crippen LogP contribution is 2.35. The smallest absolute Gasteiger partial charge is 0.255 e. The van der Waals surface area contributed by atoms with Crippen LogP contribution in [-0.2, 0) is 11.3 Å². The molecule has 0 radical (unpaired) electrons. The fourth-order valence-corrected chi connectivity index (χ4v) is 3.70. The van der Waals surface area contributed by atoms with E-state index in [1.165, 1.54) is 5.56 Å². The van der Waals surface area contributed by atoms with Crippen molar-refractivity contribution in [3.8, 4) is 17.2 Å². The lowest BCUT2D eigenvalue weighted by Gasteiger charge is -2.34. The van der Waals surface area contributed by atoms with Crippen molar-refractivity contribution in [1.82, 2.24) is 10.6 Å². The van der Waals surface area contributed by atoms with Crippen molar-refractivity contribution >= 4 is 5.91 Å². The van der Waals surface area contributed by atoms with E-state index in [9.17, 15) is 4.79 Å². The number of benzene rings is 2. The minimum Gasteiger partial charge on any atom is -0.496 e. The summed E-state index contributed by atoms with van der Waals surface area (Å²) in [5, 5.41) is 7.26. The Kier molecular flexibility index (Phi) is 7.32. The first kappa shape index (κ1) is 21.0. The maximum atomic E-state index is 11.2. The monoisotopic (exact) mass is 399 g/mol. The summed E-state index contributed by atoms with van der Waals surface area (Å²) < 4.78 is 16.5. The zero-order chi connectivity index (χ0) is 20.6. The number of nitrogens with two attached hydrogens (primary N) is 1. The molecule has 1 saturated heterocycles. The molecule has 7 heteroatoms. The number of amides is 1. The molecule has 1 aliphatic heterocycles. The van der Waals surface area contributed by atoms with Gasteiger partial charge in [-0.25, -0.2) is 0 Å². The third kappa shape index (κ3) is 5.40. The van der Waals surface area contributed by atoms with Gasteiger partial charge >= 0.3 is 0 Å². The van der Waals surface area contributed by atoms with Gasteiger partial charge in [0.25, 0.3) is 5.91 Å². The number of piperidine rings is 1. The van der Waals surface area contributed by atoms with Gasteiger partial charge in [-0.1, -0.05) is 30.3 Å². The molecule has 0 aromatic heterocycles. The highest BCUT2D eigenvalue weighted by atomic mass is 16.5. The van der Waals surface area contributed by atoms with Gasteiger partial charge in [-0.2, -0.15) is 0 Å². The summed E-state index contributed by atoms with van der Waals surface area (Å²) >= 11 is 0. The molecule has 29 heavy (non-hydrogen) atoms. The molecular formula is C22H29N3O4. The van der Waals surface area contributed by atoms with Gasteiger partial charge in [-0.15, -0.1) is 0 Å². The quantitative estimate of drug-likeness (QED) is 0.598. The van der Waals surface area contributed by atoms with E-state index in [1.807, 2.05) is 12.1 Å². The van der Waals surface area contributed by atoms with E-state index >= 15 is 0 Å². The lowest BCUT2D eigenvalue weighted by atomic mass is 9.92. The van der Waals surface area contributed by atoms with Crippen LogP contribution in [0.15, 0.2) is 42.5 Å². The zero-order valence-electron chi connectivity index (χ0n) is 16.9. The molecule has 7 nitrogen and oxygen atoms in total. The fourth-order valence-electron chi connectivity index (χ4n) is 3.70. The van der Waals surface area contributed by atoms with Gasteiger partial charge in [0, 0.05) is 30.8 Å². The van der Waals surface area contributed by atoms with Crippen LogP contribution in [0.4, 0.5) is 0 Å². The maximum absolute atomic E-state index is 11.2. The molecule has 2 atom stereocenters. The van der Waals surface area contributed by atoms with E-state index in [4.69, 9.17) is 19.9 Å². The molecule has 2 unspecified atom stereocenters. The second kappa shape index (κ2) is 10.1. The standard InChI is InChI=1S/C22H29N3O4/c1-27-16-11-19(28-2)17(20(12-16)29-14-21(23)26)13-25-18-9-6-10-24-22(18)15-7-4-3-5-8-15/h3-5,7-8,11-12,18,22,24-25H,6,9-10,13-14H2,1-2H3,(H2,23,26). The van der Waals surface area contributed by atoms with E-state index in [-0.39, 0.29) is 18.7 Å². The Labute approximate surface area is 171 Å². The third-order valence-electron chi connectivity index (χ3n) is 5.13. The van der Waals surface area contributed by atoms with Crippen molar-refractivity contribution in [2.45, 2.75) is 31.5 Å². The number of hydrogen-bond donors (Lipinski definition) is 3. The molecule has 0 saturated carbocycles. The molecule has 4 N–H and O–H groups in total. The number of primary amides is 1. The first-order chi connectivity index (χ1) is 14.1. The highest BCUT2D eigenvalue weighted by molar-refractivity contribution is 5.75. The van der Waals surface area contributed by atoms with Crippen LogP contribution in [0.5, 0.6) is 17.2 Å². The van der Waals surface area contributed by atoms with Gasteiger partial charge in [-0.05, 0) is 24.9 Å². The van der Waals surface area contributed by atoms with Crippen molar-refractivity contribution in [1.29, 1.82) is 0 Å². The number of carbonyl (C=O) groups is 1. The van der Waals surface area contributed by atoms with E-state index in [2.05, 4.69) is 34.9 Å². The molecule has 1 amide bonds. The summed E-state index contributed by atoms with van der Waals surface area (Å²) in [6.07, 6.45) is 2.16. The molecule has 0 spiro atoms. The second-order valence-electron chi connectivity index (χ2n) is 7.03. The largest absolute Gasteiger partial charge is 0.496 e. The summed E-state index contributed by atoms with van der Waals surface area (Å²) in [4.78, 5) is 11.2. The first-order valence-corrected chi connectivity index (χ1v) is 9.80. The first-order valence-electron chi connectivity index (χ1n) is 9.80. The Hall–Kier alpha value is -2.77. The molecular weight excluding hydrogens is 370 g/mol. The molecule has 0 bridgehead atoms. The van der Waals surface area contributed by atoms with Crippen LogP contribution in [0.1, 0.15) is 30.0 Å². The molecule has 1 fully saturated rings. The third-order valence-corrected chi connectivity index (χ3v) is 5.13. The van der Waals surface area contributed by atoms with Crippen LogP contribution in [0.2, 0.25) is 0 Å². The Bertz CT molecular complexity index is 813. The fraction of sp³-hybridized carbons (Fsp3) is 0.409. The molecule has 2 aromatic rings. The van der Waals surface area contributed by atoms with E-state index in [0.717, 1.165) is 24.9 Å². The Balaban J connectivity index is 1.81. The minimum atomic E-state index is -0.536. The van der Waals surface area contributed by atoms with Gasteiger partial charge in [-0.3, -0.25) is 4.79 Å². The number of hydrogen-bond acceptors (Lipinski definition) is 6. The lowest BCUT2D eigenvalue weighted by molar-refractivity contribution is -0.119. The van der Waals surface area contributed by atoms with Gasteiger partial charge in [0.2, 0.25) is 0 Å². The average molecular weight is 399 g/mol. The minimum absolute atomic E-state index is 0.207. The number of methoxy groups -OCH3 is 2. The van der Waals surface area contributed by atoms with Crippen molar-refractivity contribution in [3.05, 3.63) is 53.6 Å². The summed E-state index contributed by atoms with van der Waals surface area (Å²) in [6, 6.07) is 14.5. The summed E-state index contributed by atoms with van der Waals surface area (Å²) in [7, 11) is 3.17. The van der Waals surface area contributed by atoms with Crippen LogP contribution in [-0.4, -0.2) is 39.3 Å². The summed E-state index contributed by atoms with van der Waals surface area (Å²) in [6.45, 7) is 1.31. The molecule has 3 rings (SSSR count). The molecule has 2 aromatic carbocycles. The van der Waals surface area contributed by atoms with Gasteiger partial charge < -0.3 is 30.6 Å². The predicted octanol–water partition coefficient (Wildman–Crippen LogP) is 2.15. The highest BCUT2D eigenvalue weighted by Gasteiger charge is 2.26. The van der Waals surface area contributed by atoms with E-state index < -0.39 is 5.91 Å². The van der Waals surface area contributed by atoms with Crippen LogP contribution < -0.4 is 30.6 Å². The Morgan fingerprint density at radius 3 is 2.62 bits per heavy atom. The van der Waals surface area contributed by atoms with Gasteiger partial charge in [0.1, 0.15) is 17.2 Å². The van der Waals surface area contributed by atoms with Crippen LogP contribution in [0.3, 0.4) is 0 Å². The second-order valence-corrected chi connectivity index (χ2v) is 7.03. The molecule has 1 aliphatic rings. The lowest BCUT2D eigenvalue weighted by Crippen LogP contribution is -2.45. The Morgan fingerprint density at radius 1 is 1.17 bits per heavy atom. The van der Waals surface area contributed by atoms with Crippen LogP contribution >= 0.6 is 0 Å². The Morgan fingerprint density at radius 2 is 1.93 bits per heavy atom. The SMILES string of the molecule is COc1cc(OC)c(CNC2CCCNC2c2ccccc2)c(OCC(N)=O)c1. The summed E-state index contributed by atoms with van der Waals surface area (Å²) in [5.41, 5.74) is 7.34. The van der Waals surface area contributed by atoms with Crippen molar-refractivity contribution < 1.29 is 19.0 Å². The normalized spacial score (nSPS) is 18.8. The molecule has 1 heterocycles. The number of ether oxygens (including phenoxy) is 3. The number of carbonyl (C=O) groups excluding carboxylic acids is 1. The van der Waals surface area contributed by atoms with Crippen LogP contribution in [0, 0.1) is 0 Å². The topological polar surface area (TPSA) is 94.8 Å². The molecule has 156 valence electrons. The van der Waals surface area contributed by atoms with Crippen LogP contribution in [0.25, 0.3) is 0 Å². The van der Waals surface area contributed by atoms with Crippen molar-refractivity contribution in [2.75, 3.05) is 27.4 Å². The number of nitrogens with one attached hydrogen (secondary N) is 2. The van der Waals surface area contributed by atoms with Crippen molar-refractivity contribution in [2.24, 2.45) is 5.73 Å². The summed E-state index contributed by atoms with van der Waals surface area (Å²) in [5.74, 6) is 1.21. The van der Waals surface area contributed by atoms with Crippen molar-refractivity contribution in [3.63, 3.8) is 0 Å². The zero-order valence-corrected chi connectivity index (χ0v) is 16.9. The number of rotatable bonds is 9. The molecule has 0 aliphatic carbocycles. The van der Waals surface area contributed by atoms with E-state index in [1.54, 1.807) is 20.3 Å². The van der Waals surface area contributed by atoms with Gasteiger partial charge in [0.15, 0.2) is 6.61 Å². The maximum Gasteiger partial charge on any atom is 0.255 e. The predicted molar refractivity (Wildman–Crippen MR) is 111 cm³/mol.